The molecule has 146 valence electrons. The van der Waals surface area contributed by atoms with E-state index in [9.17, 15) is 14.7 Å². The van der Waals surface area contributed by atoms with Gasteiger partial charge in [0, 0.05) is 12.5 Å². The van der Waals surface area contributed by atoms with E-state index in [-0.39, 0.29) is 18.4 Å². The van der Waals surface area contributed by atoms with Crippen molar-refractivity contribution >= 4 is 12.1 Å². The number of fused-ring (bicyclic) bond motifs is 3. The molecule has 1 aliphatic carbocycles. The Bertz CT molecular complexity index is 852. The fraction of sp³-hybridized carbons (Fsp3) is 0.364. The molecule has 2 unspecified atom stereocenters. The molecule has 0 saturated carbocycles. The van der Waals surface area contributed by atoms with E-state index < -0.39 is 18.1 Å². The molecule has 6 nitrogen and oxygen atoms in total. The normalized spacial score (nSPS) is 21.1. The summed E-state index contributed by atoms with van der Waals surface area (Å²) in [6, 6.07) is 15.4. The number of rotatable bonds is 4. The second-order valence-corrected chi connectivity index (χ2v) is 7.49. The third-order valence-corrected chi connectivity index (χ3v) is 5.87. The molecular weight excluding hydrogens is 356 g/mol. The minimum absolute atomic E-state index is 0.0466. The van der Waals surface area contributed by atoms with Gasteiger partial charge in [-0.3, -0.25) is 4.90 Å². The van der Waals surface area contributed by atoms with Gasteiger partial charge in [0.15, 0.2) is 0 Å². The van der Waals surface area contributed by atoms with Gasteiger partial charge in [-0.1, -0.05) is 48.5 Å². The van der Waals surface area contributed by atoms with Crippen molar-refractivity contribution in [1.82, 2.24) is 4.90 Å². The maximum atomic E-state index is 12.8. The van der Waals surface area contributed by atoms with Crippen LogP contribution in [0.4, 0.5) is 4.79 Å². The Kier molecular flexibility index (Phi) is 5.05. The van der Waals surface area contributed by atoms with Crippen LogP contribution < -0.4 is 5.73 Å². The first-order chi connectivity index (χ1) is 13.6. The molecule has 1 saturated heterocycles. The average molecular weight is 380 g/mol. The Morgan fingerprint density at radius 1 is 1.04 bits per heavy atom. The smallest absolute Gasteiger partial charge is 0.410 e. The maximum Gasteiger partial charge on any atom is 0.410 e. The second-order valence-electron chi connectivity index (χ2n) is 7.49. The van der Waals surface area contributed by atoms with Gasteiger partial charge < -0.3 is 15.6 Å². The minimum Gasteiger partial charge on any atom is -0.480 e. The molecular formula is C22H24N2O4. The number of carboxylic acids is 1. The van der Waals surface area contributed by atoms with Crippen LogP contribution >= 0.6 is 0 Å². The van der Waals surface area contributed by atoms with Crippen molar-refractivity contribution in [3.8, 4) is 11.1 Å². The van der Waals surface area contributed by atoms with Gasteiger partial charge in [-0.25, -0.2) is 9.59 Å². The van der Waals surface area contributed by atoms with Crippen LogP contribution in [0.3, 0.4) is 0 Å². The van der Waals surface area contributed by atoms with Crippen LogP contribution in [-0.4, -0.2) is 47.8 Å². The molecule has 2 aromatic rings. The molecule has 28 heavy (non-hydrogen) atoms. The first-order valence-electron chi connectivity index (χ1n) is 9.64. The molecule has 0 radical (unpaired) electrons. The molecule has 2 aliphatic rings. The van der Waals surface area contributed by atoms with Crippen molar-refractivity contribution in [2.24, 2.45) is 11.7 Å². The summed E-state index contributed by atoms with van der Waals surface area (Å²) in [5.41, 5.74) is 10.3. The molecule has 1 amide bonds. The van der Waals surface area contributed by atoms with E-state index in [2.05, 4.69) is 24.3 Å². The Balaban J connectivity index is 1.52. The van der Waals surface area contributed by atoms with Crippen molar-refractivity contribution in [2.45, 2.75) is 24.8 Å². The number of ether oxygens (including phenoxy) is 1. The Labute approximate surface area is 163 Å². The third kappa shape index (κ3) is 3.24. The molecule has 0 bridgehead atoms. The summed E-state index contributed by atoms with van der Waals surface area (Å²) in [6.45, 7) is 0.937. The van der Waals surface area contributed by atoms with Gasteiger partial charge >= 0.3 is 12.1 Å². The lowest BCUT2D eigenvalue weighted by Crippen LogP contribution is -2.52. The standard InChI is InChI=1S/C22H24N2O4/c23-11-14-9-10-20(21(25)26)24(12-14)22(27)28-13-19-17-7-3-1-5-15(17)16-6-2-4-8-18(16)19/h1-8,14,19-20H,9-13,23H2,(H,25,26). The molecule has 2 aromatic carbocycles. The number of nitrogens with zero attached hydrogens (tertiary/aromatic N) is 1. The van der Waals surface area contributed by atoms with Gasteiger partial charge in [-0.2, -0.15) is 0 Å². The van der Waals surface area contributed by atoms with Gasteiger partial charge in [0.25, 0.3) is 0 Å². The van der Waals surface area contributed by atoms with E-state index in [1.807, 2.05) is 24.3 Å². The zero-order valence-electron chi connectivity index (χ0n) is 15.6. The summed E-state index contributed by atoms with van der Waals surface area (Å²) in [7, 11) is 0. The number of amides is 1. The van der Waals surface area contributed by atoms with E-state index in [0.717, 1.165) is 22.3 Å². The van der Waals surface area contributed by atoms with Crippen LogP contribution in [0.2, 0.25) is 0 Å². The summed E-state index contributed by atoms with van der Waals surface area (Å²) >= 11 is 0. The fourth-order valence-corrected chi connectivity index (χ4v) is 4.37. The maximum absolute atomic E-state index is 12.8. The Morgan fingerprint density at radius 3 is 2.21 bits per heavy atom. The van der Waals surface area contributed by atoms with Crippen LogP contribution in [0.5, 0.6) is 0 Å². The van der Waals surface area contributed by atoms with Crippen molar-refractivity contribution in [1.29, 1.82) is 0 Å². The number of carbonyl (C=O) groups is 2. The van der Waals surface area contributed by atoms with E-state index in [1.54, 1.807) is 0 Å². The van der Waals surface area contributed by atoms with Crippen LogP contribution in [0.25, 0.3) is 11.1 Å². The number of aliphatic carboxylic acids is 1. The van der Waals surface area contributed by atoms with Gasteiger partial charge in [0.2, 0.25) is 0 Å². The van der Waals surface area contributed by atoms with Crippen molar-refractivity contribution in [3.63, 3.8) is 0 Å². The fourth-order valence-electron chi connectivity index (χ4n) is 4.37. The molecule has 2 atom stereocenters. The van der Waals surface area contributed by atoms with Gasteiger partial charge in [-0.05, 0) is 47.6 Å². The number of nitrogens with two attached hydrogens (primary N) is 1. The zero-order chi connectivity index (χ0) is 19.7. The van der Waals surface area contributed by atoms with E-state index in [1.165, 1.54) is 4.90 Å². The molecule has 6 heteroatoms. The summed E-state index contributed by atoms with van der Waals surface area (Å²) in [6.07, 6.45) is 0.537. The first-order valence-corrected chi connectivity index (χ1v) is 9.64. The minimum atomic E-state index is -0.996. The zero-order valence-corrected chi connectivity index (χ0v) is 15.6. The van der Waals surface area contributed by atoms with E-state index >= 15 is 0 Å². The lowest BCUT2D eigenvalue weighted by molar-refractivity contribution is -0.144. The quantitative estimate of drug-likeness (QED) is 0.850. The summed E-state index contributed by atoms with van der Waals surface area (Å²) < 4.78 is 5.64. The number of benzene rings is 2. The van der Waals surface area contributed by atoms with E-state index in [4.69, 9.17) is 10.5 Å². The highest BCUT2D eigenvalue weighted by Gasteiger charge is 2.37. The van der Waals surface area contributed by atoms with Crippen molar-refractivity contribution in [3.05, 3.63) is 59.7 Å². The number of likely N-dealkylation sites (tertiary alicyclic amines) is 1. The molecule has 4 rings (SSSR count). The predicted octanol–water partition coefficient (Wildman–Crippen LogP) is 3.06. The third-order valence-electron chi connectivity index (χ3n) is 5.87. The van der Waals surface area contributed by atoms with Crippen LogP contribution in [0, 0.1) is 5.92 Å². The Morgan fingerprint density at radius 2 is 1.64 bits per heavy atom. The van der Waals surface area contributed by atoms with Crippen LogP contribution in [0.1, 0.15) is 29.9 Å². The lowest BCUT2D eigenvalue weighted by Gasteiger charge is -2.36. The number of carboxylic acid groups (broad SMARTS) is 1. The molecule has 3 N–H and O–H groups in total. The Hall–Kier alpha value is -2.86. The lowest BCUT2D eigenvalue weighted by atomic mass is 9.93. The largest absolute Gasteiger partial charge is 0.480 e. The number of carbonyl (C=O) groups excluding carboxylic acids is 1. The highest BCUT2D eigenvalue weighted by molar-refractivity contribution is 5.81. The second kappa shape index (κ2) is 7.64. The SMILES string of the molecule is NCC1CCC(C(=O)O)N(C(=O)OCC2c3ccccc3-c3ccccc32)C1. The van der Waals surface area contributed by atoms with E-state index in [0.29, 0.717) is 25.9 Å². The predicted molar refractivity (Wildman–Crippen MR) is 105 cm³/mol. The van der Waals surface area contributed by atoms with Crippen LogP contribution in [0.15, 0.2) is 48.5 Å². The highest BCUT2D eigenvalue weighted by atomic mass is 16.6. The molecule has 1 fully saturated rings. The molecule has 1 aliphatic heterocycles. The molecule has 1 heterocycles. The van der Waals surface area contributed by atoms with Crippen molar-refractivity contribution in [2.75, 3.05) is 19.7 Å². The monoisotopic (exact) mass is 380 g/mol. The highest BCUT2D eigenvalue weighted by Crippen LogP contribution is 2.44. The summed E-state index contributed by atoms with van der Waals surface area (Å²) in [5, 5.41) is 9.48. The topological polar surface area (TPSA) is 92.9 Å². The first kappa shape index (κ1) is 18.5. The average Bonchev–Trinajstić information content (AvgIpc) is 3.05. The number of hydrogen-bond acceptors (Lipinski definition) is 4. The van der Waals surface area contributed by atoms with Gasteiger partial charge in [-0.15, -0.1) is 0 Å². The number of hydrogen-bond donors (Lipinski definition) is 2. The summed E-state index contributed by atoms with van der Waals surface area (Å²) in [4.78, 5) is 25.7. The number of piperidine rings is 1. The molecule has 0 aromatic heterocycles. The van der Waals surface area contributed by atoms with Gasteiger partial charge in [0.1, 0.15) is 12.6 Å². The summed E-state index contributed by atoms with van der Waals surface area (Å²) in [5.74, 6) is -0.935. The molecule has 0 spiro atoms. The van der Waals surface area contributed by atoms with Gasteiger partial charge in [0.05, 0.1) is 0 Å². The van der Waals surface area contributed by atoms with Crippen LogP contribution in [-0.2, 0) is 9.53 Å². The van der Waals surface area contributed by atoms with Crippen molar-refractivity contribution < 1.29 is 19.4 Å².